The molecule has 0 aromatic rings. The van der Waals surface area contributed by atoms with E-state index in [4.69, 9.17) is 24.3 Å². The molecular weight excluding hydrogens is 930 g/mol. The molecule has 0 aromatic carbocycles. The Morgan fingerprint density at radius 1 is 0.411 bits per heavy atom. The van der Waals surface area contributed by atoms with Gasteiger partial charge in [0.2, 0.25) is 0 Å². The zero-order chi connectivity index (χ0) is 53.1. The number of nitrogens with two attached hydrogens (primary N) is 1. The largest absolute Gasteiger partial charge is 0.472 e. The number of carbonyl (C=O) groups excluding carboxylic acids is 2. The van der Waals surface area contributed by atoms with Gasteiger partial charge in [-0.25, -0.2) is 4.57 Å². The molecule has 0 saturated heterocycles. The lowest BCUT2D eigenvalue weighted by Gasteiger charge is -2.19. The molecule has 0 aromatic heterocycles. The van der Waals surface area contributed by atoms with Gasteiger partial charge in [0.05, 0.1) is 13.2 Å². The van der Waals surface area contributed by atoms with Crippen LogP contribution in [0.5, 0.6) is 0 Å². The van der Waals surface area contributed by atoms with Crippen molar-refractivity contribution >= 4 is 19.8 Å². The molecule has 412 valence electrons. The van der Waals surface area contributed by atoms with E-state index in [-0.39, 0.29) is 32.6 Å². The smallest absolute Gasteiger partial charge is 0.462 e. The number of allylic oxidation sites excluding steroid dienone is 24. The minimum Gasteiger partial charge on any atom is -0.462 e. The minimum atomic E-state index is -4.41. The summed E-state index contributed by atoms with van der Waals surface area (Å²) in [6.07, 6.45) is 81.8. The van der Waals surface area contributed by atoms with Crippen molar-refractivity contribution in [2.45, 2.75) is 213 Å². The van der Waals surface area contributed by atoms with Crippen LogP contribution in [0, 0.1) is 0 Å². The zero-order valence-electron chi connectivity index (χ0n) is 45.8. The second-order valence-corrected chi connectivity index (χ2v) is 19.5. The number of phosphoric ester groups is 1. The predicted molar refractivity (Wildman–Crippen MR) is 311 cm³/mol. The molecule has 73 heavy (non-hydrogen) atoms. The third kappa shape index (κ3) is 57.0. The SMILES string of the molecule is CC/C=C\C/C=C\C/C=C\C/C=C\C/C=C\C/C=C\C/C=C\CCCCCCCCCCCCCC(=O)OC(COC(=O)CCCCC/C=C\C/C=C\C/C=C\C/C=C\C/C=C\CC)COP(=O)(O)OCCN. The molecular formula is C63H102NO8P. The second-order valence-electron chi connectivity index (χ2n) is 18.0. The van der Waals surface area contributed by atoms with Crippen molar-refractivity contribution in [2.75, 3.05) is 26.4 Å². The topological polar surface area (TPSA) is 134 Å². The van der Waals surface area contributed by atoms with E-state index in [2.05, 4.69) is 160 Å². The molecule has 0 amide bonds. The molecule has 0 rings (SSSR count). The monoisotopic (exact) mass is 1030 g/mol. The van der Waals surface area contributed by atoms with Gasteiger partial charge in [0.1, 0.15) is 6.61 Å². The fourth-order valence-corrected chi connectivity index (χ4v) is 7.88. The van der Waals surface area contributed by atoms with Gasteiger partial charge in [-0.2, -0.15) is 0 Å². The van der Waals surface area contributed by atoms with Gasteiger partial charge in [0, 0.05) is 19.4 Å². The van der Waals surface area contributed by atoms with Crippen molar-refractivity contribution < 1.29 is 37.6 Å². The van der Waals surface area contributed by atoms with Gasteiger partial charge in [0.15, 0.2) is 6.10 Å². The third-order valence-electron chi connectivity index (χ3n) is 11.2. The van der Waals surface area contributed by atoms with E-state index in [0.29, 0.717) is 12.8 Å². The molecule has 0 aliphatic carbocycles. The van der Waals surface area contributed by atoms with Gasteiger partial charge in [-0.05, 0) is 116 Å². The summed E-state index contributed by atoms with van der Waals surface area (Å²) in [5, 5.41) is 0. The van der Waals surface area contributed by atoms with Crippen molar-refractivity contribution in [1.82, 2.24) is 0 Å². The summed E-state index contributed by atoms with van der Waals surface area (Å²) in [5.41, 5.74) is 5.37. The normalized spacial score (nSPS) is 14.2. The van der Waals surface area contributed by atoms with Gasteiger partial charge < -0.3 is 20.1 Å². The molecule has 0 fully saturated rings. The maximum absolute atomic E-state index is 12.7. The van der Waals surface area contributed by atoms with Crippen LogP contribution < -0.4 is 5.73 Å². The number of esters is 2. The summed E-state index contributed by atoms with van der Waals surface area (Å²) in [7, 11) is -4.41. The van der Waals surface area contributed by atoms with E-state index < -0.39 is 32.5 Å². The molecule has 0 saturated carbocycles. The Kier molecular flexibility index (Phi) is 54.0. The van der Waals surface area contributed by atoms with Crippen LogP contribution in [0.3, 0.4) is 0 Å². The first-order valence-electron chi connectivity index (χ1n) is 28.3. The van der Waals surface area contributed by atoms with Crippen molar-refractivity contribution in [2.24, 2.45) is 5.73 Å². The van der Waals surface area contributed by atoms with Crippen LogP contribution in [0.15, 0.2) is 146 Å². The predicted octanol–water partition coefficient (Wildman–Crippen LogP) is 18.0. The Labute approximate surface area is 446 Å². The van der Waals surface area contributed by atoms with E-state index in [1.807, 2.05) is 0 Å². The van der Waals surface area contributed by atoms with Crippen LogP contribution >= 0.6 is 7.82 Å². The van der Waals surface area contributed by atoms with Crippen molar-refractivity contribution in [1.29, 1.82) is 0 Å². The Morgan fingerprint density at radius 2 is 0.712 bits per heavy atom. The lowest BCUT2D eigenvalue weighted by Crippen LogP contribution is -2.29. The maximum atomic E-state index is 12.7. The summed E-state index contributed by atoms with van der Waals surface area (Å²) < 4.78 is 33.0. The quantitative estimate of drug-likeness (QED) is 0.0264. The van der Waals surface area contributed by atoms with E-state index in [0.717, 1.165) is 122 Å². The second kappa shape index (κ2) is 57.2. The minimum absolute atomic E-state index is 0.0402. The van der Waals surface area contributed by atoms with E-state index in [1.54, 1.807) is 0 Å². The molecule has 9 nitrogen and oxygen atoms in total. The van der Waals surface area contributed by atoms with Crippen LogP contribution in [-0.2, 0) is 32.7 Å². The Balaban J connectivity index is 4.06. The highest BCUT2D eigenvalue weighted by atomic mass is 31.2. The highest BCUT2D eigenvalue weighted by molar-refractivity contribution is 7.47. The van der Waals surface area contributed by atoms with Crippen molar-refractivity contribution in [3.63, 3.8) is 0 Å². The third-order valence-corrected chi connectivity index (χ3v) is 12.2. The average molecular weight is 1030 g/mol. The summed E-state index contributed by atoms with van der Waals surface area (Å²) in [6, 6.07) is 0. The number of ether oxygens (including phenoxy) is 2. The molecule has 2 unspecified atom stereocenters. The molecule has 0 spiro atoms. The van der Waals surface area contributed by atoms with Crippen LogP contribution in [0.1, 0.15) is 206 Å². The Hall–Kier alpha value is -4.11. The highest BCUT2D eigenvalue weighted by Crippen LogP contribution is 2.43. The first-order chi connectivity index (χ1) is 35.8. The van der Waals surface area contributed by atoms with Crippen molar-refractivity contribution in [3.05, 3.63) is 146 Å². The van der Waals surface area contributed by atoms with E-state index >= 15 is 0 Å². The number of rotatable bonds is 51. The van der Waals surface area contributed by atoms with E-state index in [1.165, 1.54) is 44.9 Å². The average Bonchev–Trinajstić information content (AvgIpc) is 3.38. The summed E-state index contributed by atoms with van der Waals surface area (Å²) in [4.78, 5) is 35.1. The van der Waals surface area contributed by atoms with Gasteiger partial charge >= 0.3 is 19.8 Å². The number of phosphoric acid groups is 1. The molecule has 0 aliphatic rings. The molecule has 0 bridgehead atoms. The lowest BCUT2D eigenvalue weighted by molar-refractivity contribution is -0.161. The number of carbonyl (C=O) groups is 2. The summed E-state index contributed by atoms with van der Waals surface area (Å²) in [6.45, 7) is 3.45. The fourth-order valence-electron chi connectivity index (χ4n) is 7.11. The van der Waals surface area contributed by atoms with Crippen LogP contribution in [0.2, 0.25) is 0 Å². The Morgan fingerprint density at radius 3 is 1.07 bits per heavy atom. The first-order valence-corrected chi connectivity index (χ1v) is 29.8. The molecule has 10 heteroatoms. The fraction of sp³-hybridized carbons (Fsp3) is 0.587. The number of hydrogen-bond acceptors (Lipinski definition) is 8. The first kappa shape index (κ1) is 68.9. The molecule has 0 aliphatic heterocycles. The van der Waals surface area contributed by atoms with Gasteiger partial charge in [-0.15, -0.1) is 0 Å². The summed E-state index contributed by atoms with van der Waals surface area (Å²) in [5.74, 6) is -0.880. The van der Waals surface area contributed by atoms with Gasteiger partial charge in [-0.1, -0.05) is 224 Å². The van der Waals surface area contributed by atoms with Crippen molar-refractivity contribution in [3.8, 4) is 0 Å². The van der Waals surface area contributed by atoms with Gasteiger partial charge in [0.25, 0.3) is 0 Å². The van der Waals surface area contributed by atoms with E-state index in [9.17, 15) is 19.0 Å². The zero-order valence-corrected chi connectivity index (χ0v) is 46.7. The number of hydrogen-bond donors (Lipinski definition) is 2. The highest BCUT2D eigenvalue weighted by Gasteiger charge is 2.26. The molecule has 2 atom stereocenters. The molecule has 0 heterocycles. The van der Waals surface area contributed by atoms with Crippen LogP contribution in [-0.4, -0.2) is 49.3 Å². The standard InChI is InChI=1S/C63H102NO8P/c1-3-5-7-9-11-13-15-17-19-21-23-24-25-26-27-28-29-30-31-32-33-34-35-36-38-40-42-44-46-48-50-52-54-56-63(66)72-61(60-71-73(67,68)70-58-57-64)59-69-62(65)55-53-51-49-47-45-43-41-39-37-22-20-18-16-14-12-10-8-6-4-2/h5-8,11-14,17-20,23-24,26-27,29-30,32-33,37,39,43,45,61H,3-4,9-10,15-16,21-22,25,28,31,34-36,38,40-42,44,46-60,64H2,1-2H3,(H,67,68)/b7-5-,8-6-,13-11-,14-12-,19-17-,20-18-,24-23-,27-26-,30-29-,33-32-,39-37-,45-43-. The Bertz CT molecular complexity index is 1700. The maximum Gasteiger partial charge on any atom is 0.472 e. The molecule has 0 radical (unpaired) electrons. The van der Waals surface area contributed by atoms with Crippen LogP contribution in [0.4, 0.5) is 0 Å². The van der Waals surface area contributed by atoms with Gasteiger partial charge in [-0.3, -0.25) is 18.6 Å². The number of unbranched alkanes of at least 4 members (excludes halogenated alkanes) is 14. The molecule has 3 N–H and O–H groups in total. The lowest BCUT2D eigenvalue weighted by atomic mass is 10.0. The van der Waals surface area contributed by atoms with Crippen LogP contribution in [0.25, 0.3) is 0 Å². The summed E-state index contributed by atoms with van der Waals surface area (Å²) >= 11 is 0.